The summed E-state index contributed by atoms with van der Waals surface area (Å²) in [6.07, 6.45) is 0.970. The zero-order valence-electron chi connectivity index (χ0n) is 11.5. The molecule has 2 atom stereocenters. The molecule has 2 unspecified atom stereocenters. The highest BCUT2D eigenvalue weighted by Gasteiger charge is 2.30. The SMILES string of the molecule is Fc1ccccc1C1CNCCC1c1cc(Cl)ccc1Br. The number of hydrogen-bond donors (Lipinski definition) is 1. The second-order valence-corrected chi connectivity index (χ2v) is 6.68. The fraction of sp³-hybridized carbons (Fsp3) is 0.294. The highest BCUT2D eigenvalue weighted by atomic mass is 79.9. The number of hydrogen-bond acceptors (Lipinski definition) is 1. The zero-order chi connectivity index (χ0) is 14.8. The van der Waals surface area contributed by atoms with Crippen molar-refractivity contribution in [1.29, 1.82) is 0 Å². The van der Waals surface area contributed by atoms with Crippen molar-refractivity contribution >= 4 is 27.5 Å². The minimum atomic E-state index is -0.130. The Morgan fingerprint density at radius 3 is 2.71 bits per heavy atom. The molecule has 0 saturated carbocycles. The fourth-order valence-corrected chi connectivity index (χ4v) is 3.85. The number of rotatable bonds is 2. The van der Waals surface area contributed by atoms with Gasteiger partial charge in [0, 0.05) is 22.0 Å². The molecule has 1 aliphatic rings. The van der Waals surface area contributed by atoms with Crippen LogP contribution < -0.4 is 5.32 Å². The Balaban J connectivity index is 2.02. The van der Waals surface area contributed by atoms with E-state index in [1.54, 1.807) is 6.07 Å². The molecule has 1 N–H and O–H groups in total. The first-order valence-electron chi connectivity index (χ1n) is 7.07. The van der Waals surface area contributed by atoms with E-state index in [-0.39, 0.29) is 17.7 Å². The Morgan fingerprint density at radius 2 is 1.90 bits per heavy atom. The van der Waals surface area contributed by atoms with Gasteiger partial charge in [0.1, 0.15) is 5.82 Å². The van der Waals surface area contributed by atoms with Crippen molar-refractivity contribution in [2.45, 2.75) is 18.3 Å². The molecule has 0 radical (unpaired) electrons. The number of nitrogens with one attached hydrogen (secondary N) is 1. The maximum atomic E-state index is 14.2. The molecular formula is C17H16BrClFN. The van der Waals surface area contributed by atoms with E-state index in [0.717, 1.165) is 40.1 Å². The van der Waals surface area contributed by atoms with Crippen LogP contribution in [-0.2, 0) is 0 Å². The third-order valence-corrected chi connectivity index (χ3v) is 5.10. The van der Waals surface area contributed by atoms with E-state index in [4.69, 9.17) is 11.6 Å². The smallest absolute Gasteiger partial charge is 0.126 e. The van der Waals surface area contributed by atoms with E-state index < -0.39 is 0 Å². The van der Waals surface area contributed by atoms with Crippen molar-refractivity contribution in [3.63, 3.8) is 0 Å². The lowest BCUT2D eigenvalue weighted by molar-refractivity contribution is 0.393. The van der Waals surface area contributed by atoms with Crippen molar-refractivity contribution in [3.05, 3.63) is 68.9 Å². The van der Waals surface area contributed by atoms with Crippen LogP contribution in [0, 0.1) is 5.82 Å². The van der Waals surface area contributed by atoms with Gasteiger partial charge in [-0.15, -0.1) is 0 Å². The van der Waals surface area contributed by atoms with E-state index in [1.807, 2.05) is 30.3 Å². The molecule has 1 heterocycles. The highest BCUT2D eigenvalue weighted by Crippen LogP contribution is 2.41. The quantitative estimate of drug-likeness (QED) is 0.777. The lowest BCUT2D eigenvalue weighted by Gasteiger charge is -2.33. The number of piperidine rings is 1. The summed E-state index contributed by atoms with van der Waals surface area (Å²) < 4.78 is 15.2. The van der Waals surface area contributed by atoms with Gasteiger partial charge >= 0.3 is 0 Å². The van der Waals surface area contributed by atoms with E-state index in [2.05, 4.69) is 21.2 Å². The molecule has 0 spiro atoms. The zero-order valence-corrected chi connectivity index (χ0v) is 13.8. The maximum Gasteiger partial charge on any atom is 0.126 e. The maximum absolute atomic E-state index is 14.2. The molecule has 0 amide bonds. The molecule has 2 aromatic carbocycles. The number of benzene rings is 2. The average molecular weight is 369 g/mol. The topological polar surface area (TPSA) is 12.0 Å². The van der Waals surface area contributed by atoms with Gasteiger partial charge in [-0.1, -0.05) is 45.7 Å². The van der Waals surface area contributed by atoms with Crippen LogP contribution in [0.3, 0.4) is 0 Å². The minimum absolute atomic E-state index is 0.120. The Labute approximate surface area is 137 Å². The van der Waals surface area contributed by atoms with Gasteiger partial charge in [0.25, 0.3) is 0 Å². The predicted molar refractivity (Wildman–Crippen MR) is 88.5 cm³/mol. The van der Waals surface area contributed by atoms with Gasteiger partial charge in [-0.05, 0) is 54.3 Å². The van der Waals surface area contributed by atoms with Crippen LogP contribution in [0.15, 0.2) is 46.9 Å². The van der Waals surface area contributed by atoms with Gasteiger partial charge in [-0.25, -0.2) is 4.39 Å². The summed E-state index contributed by atoms with van der Waals surface area (Å²) in [7, 11) is 0. The number of halogens is 3. The molecule has 1 nitrogen and oxygen atoms in total. The Morgan fingerprint density at radius 1 is 1.10 bits per heavy atom. The second kappa shape index (κ2) is 6.47. The van der Waals surface area contributed by atoms with Crippen molar-refractivity contribution in [2.24, 2.45) is 0 Å². The first-order chi connectivity index (χ1) is 10.2. The second-order valence-electron chi connectivity index (χ2n) is 5.39. The summed E-state index contributed by atoms with van der Waals surface area (Å²) >= 11 is 9.76. The lowest BCUT2D eigenvalue weighted by atomic mass is 9.77. The van der Waals surface area contributed by atoms with Crippen molar-refractivity contribution in [1.82, 2.24) is 5.32 Å². The van der Waals surface area contributed by atoms with Crippen LogP contribution in [-0.4, -0.2) is 13.1 Å². The van der Waals surface area contributed by atoms with Crippen LogP contribution in [0.25, 0.3) is 0 Å². The molecule has 1 fully saturated rings. The van der Waals surface area contributed by atoms with Crippen molar-refractivity contribution < 1.29 is 4.39 Å². The molecule has 110 valence electrons. The van der Waals surface area contributed by atoms with Crippen LogP contribution in [0.5, 0.6) is 0 Å². The molecule has 1 saturated heterocycles. The molecule has 0 aliphatic carbocycles. The molecule has 3 rings (SSSR count). The van der Waals surface area contributed by atoms with Gasteiger partial charge < -0.3 is 5.32 Å². The van der Waals surface area contributed by atoms with Gasteiger partial charge in [0.15, 0.2) is 0 Å². The van der Waals surface area contributed by atoms with Crippen LogP contribution >= 0.6 is 27.5 Å². The van der Waals surface area contributed by atoms with E-state index in [1.165, 1.54) is 6.07 Å². The monoisotopic (exact) mass is 367 g/mol. The Hall–Kier alpha value is -0.900. The van der Waals surface area contributed by atoms with E-state index in [9.17, 15) is 4.39 Å². The summed E-state index contributed by atoms with van der Waals surface area (Å²) in [5.74, 6) is 0.250. The van der Waals surface area contributed by atoms with Crippen molar-refractivity contribution in [3.8, 4) is 0 Å². The van der Waals surface area contributed by atoms with Gasteiger partial charge in [-0.2, -0.15) is 0 Å². The van der Waals surface area contributed by atoms with E-state index in [0.29, 0.717) is 0 Å². The lowest BCUT2D eigenvalue weighted by Crippen LogP contribution is -2.34. The largest absolute Gasteiger partial charge is 0.316 e. The molecule has 2 aromatic rings. The minimum Gasteiger partial charge on any atom is -0.316 e. The molecule has 0 bridgehead atoms. The van der Waals surface area contributed by atoms with Gasteiger partial charge in [-0.3, -0.25) is 0 Å². The summed E-state index contributed by atoms with van der Waals surface area (Å²) in [4.78, 5) is 0. The summed E-state index contributed by atoms with van der Waals surface area (Å²) in [5, 5.41) is 4.10. The first-order valence-corrected chi connectivity index (χ1v) is 8.24. The predicted octanol–water partition coefficient (Wildman–Crippen LogP) is 5.10. The normalized spacial score (nSPS) is 22.2. The van der Waals surface area contributed by atoms with Crippen LogP contribution in [0.4, 0.5) is 4.39 Å². The molecule has 0 aromatic heterocycles. The highest BCUT2D eigenvalue weighted by molar-refractivity contribution is 9.10. The van der Waals surface area contributed by atoms with Crippen LogP contribution in [0.1, 0.15) is 29.4 Å². The van der Waals surface area contributed by atoms with Crippen LogP contribution in [0.2, 0.25) is 5.02 Å². The third-order valence-electron chi connectivity index (χ3n) is 4.14. The Bertz CT molecular complexity index is 646. The average Bonchev–Trinajstić information content (AvgIpc) is 2.50. The summed E-state index contributed by atoms with van der Waals surface area (Å²) in [6.45, 7) is 1.72. The molecule has 1 aliphatic heterocycles. The van der Waals surface area contributed by atoms with Crippen molar-refractivity contribution in [2.75, 3.05) is 13.1 Å². The van der Waals surface area contributed by atoms with E-state index >= 15 is 0 Å². The first kappa shape index (κ1) is 15.0. The van der Waals surface area contributed by atoms with Gasteiger partial charge in [0.05, 0.1) is 0 Å². The Kier molecular flexibility index (Phi) is 4.63. The summed E-state index contributed by atoms with van der Waals surface area (Å²) in [5.41, 5.74) is 1.94. The third kappa shape index (κ3) is 3.15. The molecule has 21 heavy (non-hydrogen) atoms. The summed E-state index contributed by atoms with van der Waals surface area (Å²) in [6, 6.07) is 12.9. The molecular weight excluding hydrogens is 353 g/mol. The standard InChI is InChI=1S/C17H16BrClFN/c18-16-6-5-11(19)9-14(16)12-7-8-21-10-15(12)13-3-1-2-4-17(13)20/h1-6,9,12,15,21H,7-8,10H2. The molecule has 4 heteroatoms. The fourth-order valence-electron chi connectivity index (χ4n) is 3.13. The van der Waals surface area contributed by atoms with Gasteiger partial charge in [0.2, 0.25) is 0 Å².